The Morgan fingerprint density at radius 1 is 1.24 bits per heavy atom. The molecule has 8 heteroatoms. The second-order valence-corrected chi connectivity index (χ2v) is 6.09. The Hall–Kier alpha value is -1.83. The van der Waals surface area contributed by atoms with Crippen molar-refractivity contribution in [1.29, 1.82) is 0 Å². The van der Waals surface area contributed by atoms with Gasteiger partial charge >= 0.3 is 6.18 Å². The molecule has 2 rings (SSSR count). The van der Waals surface area contributed by atoms with Crippen LogP contribution in [0.25, 0.3) is 0 Å². The van der Waals surface area contributed by atoms with Crippen LogP contribution in [0.4, 0.5) is 17.6 Å². The number of rotatable bonds is 4. The fourth-order valence-corrected chi connectivity index (χ4v) is 2.87. The molecule has 1 aromatic rings. The molecule has 1 aromatic carbocycles. The molecule has 1 aliphatic heterocycles. The van der Waals surface area contributed by atoms with Crippen LogP contribution >= 0.6 is 0 Å². The topological polar surface area (TPSA) is 30.9 Å². The molecule has 0 bridgehead atoms. The zero-order chi connectivity index (χ0) is 18.4. The molecule has 1 heterocycles. The monoisotopic (exact) mass is 360 g/mol. The number of nitrogens with one attached hydrogen (secondary N) is 1. The third-order valence-corrected chi connectivity index (χ3v) is 4.43. The van der Waals surface area contributed by atoms with Gasteiger partial charge in [0.2, 0.25) is 0 Å². The summed E-state index contributed by atoms with van der Waals surface area (Å²) in [4.78, 5) is 7.59. The number of alkyl halides is 3. The van der Waals surface area contributed by atoms with Crippen LogP contribution in [0.5, 0.6) is 0 Å². The fourth-order valence-electron chi connectivity index (χ4n) is 2.87. The maximum Gasteiger partial charge on any atom is 0.403 e. The van der Waals surface area contributed by atoms with E-state index in [2.05, 4.69) is 10.3 Å². The highest BCUT2D eigenvalue weighted by Gasteiger charge is 2.41. The molecule has 1 fully saturated rings. The van der Waals surface area contributed by atoms with Crippen molar-refractivity contribution in [2.75, 3.05) is 39.8 Å². The van der Waals surface area contributed by atoms with Gasteiger partial charge < -0.3 is 10.2 Å². The van der Waals surface area contributed by atoms with Crippen molar-refractivity contribution >= 4 is 5.96 Å². The second kappa shape index (κ2) is 8.51. The lowest BCUT2D eigenvalue weighted by Crippen LogP contribution is -2.56. The van der Waals surface area contributed by atoms with Crippen molar-refractivity contribution in [2.45, 2.75) is 25.6 Å². The molecule has 0 saturated carbocycles. The lowest BCUT2D eigenvalue weighted by Gasteiger charge is -2.39. The van der Waals surface area contributed by atoms with E-state index in [1.165, 1.54) is 24.0 Å². The largest absolute Gasteiger partial charge is 0.403 e. The SMILES string of the molecule is CN=C(NCCc1cccc(F)c1)N1CCN(C(C)C(F)(F)F)CC1. The Bertz CT molecular complexity index is 580. The summed E-state index contributed by atoms with van der Waals surface area (Å²) in [5, 5.41) is 3.19. The quantitative estimate of drug-likeness (QED) is 0.509. The van der Waals surface area contributed by atoms with Crippen molar-refractivity contribution in [3.63, 3.8) is 0 Å². The number of aliphatic imine (C=N–C) groups is 1. The molecule has 0 amide bonds. The van der Waals surface area contributed by atoms with Gasteiger partial charge in [0.25, 0.3) is 0 Å². The maximum atomic E-state index is 13.2. The van der Waals surface area contributed by atoms with Gasteiger partial charge in [0.05, 0.1) is 0 Å². The van der Waals surface area contributed by atoms with Crippen LogP contribution in [0, 0.1) is 5.82 Å². The summed E-state index contributed by atoms with van der Waals surface area (Å²) in [5.41, 5.74) is 0.881. The van der Waals surface area contributed by atoms with E-state index < -0.39 is 12.2 Å². The Morgan fingerprint density at radius 3 is 2.48 bits per heavy atom. The first-order chi connectivity index (χ1) is 11.8. The number of hydrogen-bond acceptors (Lipinski definition) is 2. The van der Waals surface area contributed by atoms with Gasteiger partial charge in [-0.3, -0.25) is 9.89 Å². The third kappa shape index (κ3) is 5.59. The first-order valence-corrected chi connectivity index (χ1v) is 8.32. The predicted octanol–water partition coefficient (Wildman–Crippen LogP) is 2.51. The minimum Gasteiger partial charge on any atom is -0.356 e. The van der Waals surface area contributed by atoms with E-state index in [1.54, 1.807) is 13.1 Å². The highest BCUT2D eigenvalue weighted by atomic mass is 19.4. The smallest absolute Gasteiger partial charge is 0.356 e. The predicted molar refractivity (Wildman–Crippen MR) is 90.1 cm³/mol. The molecule has 1 aliphatic rings. The van der Waals surface area contributed by atoms with Gasteiger partial charge in [-0.05, 0) is 31.0 Å². The van der Waals surface area contributed by atoms with Crippen LogP contribution in [0.2, 0.25) is 0 Å². The average molecular weight is 360 g/mol. The number of nitrogens with zero attached hydrogens (tertiary/aromatic N) is 3. The summed E-state index contributed by atoms with van der Waals surface area (Å²) in [5.74, 6) is 0.396. The van der Waals surface area contributed by atoms with E-state index in [9.17, 15) is 17.6 Å². The van der Waals surface area contributed by atoms with E-state index in [0.717, 1.165) is 5.56 Å². The van der Waals surface area contributed by atoms with Gasteiger partial charge in [-0.1, -0.05) is 12.1 Å². The highest BCUT2D eigenvalue weighted by Crippen LogP contribution is 2.25. The van der Waals surface area contributed by atoms with Crippen molar-refractivity contribution < 1.29 is 17.6 Å². The van der Waals surface area contributed by atoms with Gasteiger partial charge in [0.1, 0.15) is 11.9 Å². The van der Waals surface area contributed by atoms with Crippen LogP contribution in [-0.2, 0) is 6.42 Å². The molecular weight excluding hydrogens is 336 g/mol. The molecule has 0 spiro atoms. The number of hydrogen-bond donors (Lipinski definition) is 1. The molecule has 140 valence electrons. The molecule has 1 N–H and O–H groups in total. The Morgan fingerprint density at radius 2 is 1.92 bits per heavy atom. The lowest BCUT2D eigenvalue weighted by molar-refractivity contribution is -0.181. The molecule has 0 aromatic heterocycles. The zero-order valence-corrected chi connectivity index (χ0v) is 14.5. The van der Waals surface area contributed by atoms with Crippen molar-refractivity contribution in [1.82, 2.24) is 15.1 Å². The van der Waals surface area contributed by atoms with Crippen molar-refractivity contribution in [2.24, 2.45) is 4.99 Å². The molecule has 1 unspecified atom stereocenters. The van der Waals surface area contributed by atoms with Gasteiger partial charge in [0.15, 0.2) is 5.96 Å². The number of piperazine rings is 1. The molecule has 1 saturated heterocycles. The number of guanidine groups is 1. The van der Waals surface area contributed by atoms with Gasteiger partial charge in [-0.15, -0.1) is 0 Å². The minimum absolute atomic E-state index is 0.267. The molecule has 0 radical (unpaired) electrons. The maximum absolute atomic E-state index is 13.2. The summed E-state index contributed by atoms with van der Waals surface area (Å²) in [6, 6.07) is 4.97. The zero-order valence-electron chi connectivity index (χ0n) is 14.5. The van der Waals surface area contributed by atoms with E-state index >= 15 is 0 Å². The lowest BCUT2D eigenvalue weighted by atomic mass is 10.1. The summed E-state index contributed by atoms with van der Waals surface area (Å²) in [7, 11) is 1.65. The van der Waals surface area contributed by atoms with Crippen molar-refractivity contribution in [3.8, 4) is 0 Å². The van der Waals surface area contributed by atoms with Crippen LogP contribution in [0.15, 0.2) is 29.3 Å². The fraction of sp³-hybridized carbons (Fsp3) is 0.588. The summed E-state index contributed by atoms with van der Waals surface area (Å²) in [6.07, 6.45) is -3.56. The summed E-state index contributed by atoms with van der Waals surface area (Å²) >= 11 is 0. The van der Waals surface area contributed by atoms with Crippen LogP contribution in [0.3, 0.4) is 0 Å². The van der Waals surface area contributed by atoms with E-state index in [4.69, 9.17) is 0 Å². The Balaban J connectivity index is 1.80. The molecule has 1 atom stereocenters. The molecular formula is C17H24F4N4. The number of halogens is 4. The number of benzene rings is 1. The first kappa shape index (κ1) is 19.5. The molecule has 4 nitrogen and oxygen atoms in total. The van der Waals surface area contributed by atoms with Gasteiger partial charge in [-0.25, -0.2) is 4.39 Å². The van der Waals surface area contributed by atoms with Crippen LogP contribution < -0.4 is 5.32 Å². The summed E-state index contributed by atoms with van der Waals surface area (Å²) in [6.45, 7) is 3.42. The molecule has 25 heavy (non-hydrogen) atoms. The molecule has 0 aliphatic carbocycles. The second-order valence-electron chi connectivity index (χ2n) is 6.09. The standard InChI is InChI=1S/C17H24F4N4/c1-13(17(19,20)21)24-8-10-25(11-9-24)16(22-2)23-7-6-14-4-3-5-15(18)12-14/h3-5,12-13H,6-11H2,1-2H3,(H,22,23). The van der Waals surface area contributed by atoms with Crippen LogP contribution in [0.1, 0.15) is 12.5 Å². The first-order valence-electron chi connectivity index (χ1n) is 8.32. The van der Waals surface area contributed by atoms with Crippen LogP contribution in [-0.4, -0.2) is 67.7 Å². The van der Waals surface area contributed by atoms with E-state index in [0.29, 0.717) is 45.1 Å². The Labute approximate surface area is 145 Å². The normalized spacial score (nSPS) is 18.3. The van der Waals surface area contributed by atoms with E-state index in [-0.39, 0.29) is 5.82 Å². The van der Waals surface area contributed by atoms with Crippen molar-refractivity contribution in [3.05, 3.63) is 35.6 Å². The van der Waals surface area contributed by atoms with Gasteiger partial charge in [-0.2, -0.15) is 13.2 Å². The third-order valence-electron chi connectivity index (χ3n) is 4.43. The summed E-state index contributed by atoms with van der Waals surface area (Å²) < 4.78 is 51.5. The minimum atomic E-state index is -4.20. The van der Waals surface area contributed by atoms with E-state index in [1.807, 2.05) is 11.0 Å². The Kier molecular flexibility index (Phi) is 6.64. The average Bonchev–Trinajstić information content (AvgIpc) is 2.58. The highest BCUT2D eigenvalue weighted by molar-refractivity contribution is 5.80. The van der Waals surface area contributed by atoms with Gasteiger partial charge in [0, 0.05) is 39.8 Å².